The standard InChI is InChI=1S/C14H19FN2O3S/c1-21-7-6-11(16)13(18)17-12(14(19)20)8-9-2-4-10(15)5-3-9/h2-5,11-12H,6-8,16H2,1H3,(H,17,18)(H,19,20)/t11-,12?/m0/s1. The van der Waals surface area contributed by atoms with Crippen LogP contribution in [0, 0.1) is 5.82 Å². The number of carboxylic acid groups (broad SMARTS) is 1. The molecule has 0 saturated heterocycles. The number of carbonyl (C=O) groups excluding carboxylic acids is 1. The van der Waals surface area contributed by atoms with Crippen LogP contribution in [-0.4, -0.2) is 41.1 Å². The Morgan fingerprint density at radius 2 is 2.00 bits per heavy atom. The highest BCUT2D eigenvalue weighted by Gasteiger charge is 2.23. The van der Waals surface area contributed by atoms with E-state index in [-0.39, 0.29) is 6.42 Å². The van der Waals surface area contributed by atoms with E-state index in [2.05, 4.69) is 5.32 Å². The van der Waals surface area contributed by atoms with Crippen molar-refractivity contribution in [3.05, 3.63) is 35.6 Å². The van der Waals surface area contributed by atoms with Crippen molar-refractivity contribution >= 4 is 23.6 Å². The molecule has 0 aromatic heterocycles. The molecule has 0 fully saturated rings. The SMILES string of the molecule is CSCC[C@H](N)C(=O)NC(Cc1ccc(F)cc1)C(=O)O. The van der Waals surface area contributed by atoms with Crippen molar-refractivity contribution in [2.45, 2.75) is 24.9 Å². The van der Waals surface area contributed by atoms with E-state index in [1.165, 1.54) is 24.3 Å². The first-order valence-electron chi connectivity index (χ1n) is 6.46. The van der Waals surface area contributed by atoms with E-state index >= 15 is 0 Å². The number of carbonyl (C=O) groups is 2. The average Bonchev–Trinajstić information content (AvgIpc) is 2.45. The van der Waals surface area contributed by atoms with Gasteiger partial charge in [-0.05, 0) is 36.1 Å². The van der Waals surface area contributed by atoms with Gasteiger partial charge in [0, 0.05) is 6.42 Å². The second kappa shape index (κ2) is 8.63. The molecule has 1 amide bonds. The number of aliphatic carboxylic acids is 1. The van der Waals surface area contributed by atoms with E-state index in [4.69, 9.17) is 10.8 Å². The highest BCUT2D eigenvalue weighted by atomic mass is 32.2. The quantitative estimate of drug-likeness (QED) is 0.666. The molecule has 0 radical (unpaired) electrons. The summed E-state index contributed by atoms with van der Waals surface area (Å²) in [4.78, 5) is 23.0. The van der Waals surface area contributed by atoms with E-state index in [1.807, 2.05) is 6.26 Å². The van der Waals surface area contributed by atoms with Crippen LogP contribution in [0.2, 0.25) is 0 Å². The van der Waals surface area contributed by atoms with Crippen LogP contribution >= 0.6 is 11.8 Å². The fourth-order valence-electron chi connectivity index (χ4n) is 1.71. The summed E-state index contributed by atoms with van der Waals surface area (Å²) in [5.74, 6) is -1.30. The summed E-state index contributed by atoms with van der Waals surface area (Å²) >= 11 is 1.56. The molecule has 116 valence electrons. The van der Waals surface area contributed by atoms with Crippen LogP contribution in [0.3, 0.4) is 0 Å². The molecule has 4 N–H and O–H groups in total. The Hall–Kier alpha value is -1.60. The van der Waals surface area contributed by atoms with Crippen molar-refractivity contribution in [1.29, 1.82) is 0 Å². The Morgan fingerprint density at radius 3 is 2.52 bits per heavy atom. The third-order valence-electron chi connectivity index (χ3n) is 2.94. The van der Waals surface area contributed by atoms with E-state index < -0.39 is 29.8 Å². The van der Waals surface area contributed by atoms with E-state index in [0.717, 1.165) is 5.75 Å². The van der Waals surface area contributed by atoms with Crippen LogP contribution in [0.4, 0.5) is 4.39 Å². The zero-order valence-electron chi connectivity index (χ0n) is 11.7. The third kappa shape index (κ3) is 6.14. The van der Waals surface area contributed by atoms with Crippen molar-refractivity contribution in [1.82, 2.24) is 5.32 Å². The molecule has 0 aliphatic carbocycles. The maximum Gasteiger partial charge on any atom is 0.326 e. The zero-order chi connectivity index (χ0) is 15.8. The van der Waals surface area contributed by atoms with Gasteiger partial charge in [-0.1, -0.05) is 12.1 Å². The molecule has 0 heterocycles. The average molecular weight is 314 g/mol. The minimum Gasteiger partial charge on any atom is -0.480 e. The summed E-state index contributed by atoms with van der Waals surface area (Å²) in [6.45, 7) is 0. The number of benzene rings is 1. The smallest absolute Gasteiger partial charge is 0.326 e. The van der Waals surface area contributed by atoms with Crippen LogP contribution in [0.15, 0.2) is 24.3 Å². The van der Waals surface area contributed by atoms with Crippen molar-refractivity contribution in [3.8, 4) is 0 Å². The Labute approximate surface area is 127 Å². The number of hydrogen-bond acceptors (Lipinski definition) is 4. The molecular formula is C14H19FN2O3S. The van der Waals surface area contributed by atoms with Gasteiger partial charge in [0.25, 0.3) is 0 Å². The monoisotopic (exact) mass is 314 g/mol. The van der Waals surface area contributed by atoms with Crippen molar-refractivity contribution in [2.75, 3.05) is 12.0 Å². The largest absolute Gasteiger partial charge is 0.480 e. The van der Waals surface area contributed by atoms with Gasteiger partial charge in [-0.15, -0.1) is 0 Å². The molecular weight excluding hydrogens is 295 g/mol. The Balaban J connectivity index is 2.63. The molecule has 0 bridgehead atoms. The number of amides is 1. The van der Waals surface area contributed by atoms with Gasteiger partial charge in [0.2, 0.25) is 5.91 Å². The highest BCUT2D eigenvalue weighted by Crippen LogP contribution is 2.07. The number of carboxylic acids is 1. The van der Waals surface area contributed by atoms with Crippen LogP contribution in [0.1, 0.15) is 12.0 Å². The van der Waals surface area contributed by atoms with E-state index in [0.29, 0.717) is 12.0 Å². The number of halogens is 1. The number of hydrogen-bond donors (Lipinski definition) is 3. The maximum atomic E-state index is 12.8. The van der Waals surface area contributed by atoms with E-state index in [1.54, 1.807) is 11.8 Å². The summed E-state index contributed by atoms with van der Waals surface area (Å²) < 4.78 is 12.8. The molecule has 1 rings (SSSR count). The molecule has 1 aromatic carbocycles. The second-order valence-corrected chi connectivity index (χ2v) is 5.60. The molecule has 21 heavy (non-hydrogen) atoms. The van der Waals surface area contributed by atoms with Gasteiger partial charge in [-0.25, -0.2) is 9.18 Å². The fraction of sp³-hybridized carbons (Fsp3) is 0.429. The lowest BCUT2D eigenvalue weighted by molar-refractivity contribution is -0.142. The van der Waals surface area contributed by atoms with Crippen LogP contribution in [-0.2, 0) is 16.0 Å². The first-order chi connectivity index (χ1) is 9.93. The normalized spacial score (nSPS) is 13.5. The van der Waals surface area contributed by atoms with Gasteiger partial charge in [0.05, 0.1) is 6.04 Å². The minimum atomic E-state index is -1.15. The van der Waals surface area contributed by atoms with Gasteiger partial charge >= 0.3 is 5.97 Å². The molecule has 5 nitrogen and oxygen atoms in total. The number of nitrogens with two attached hydrogens (primary N) is 1. The molecule has 2 atom stereocenters. The van der Waals surface area contributed by atoms with Crippen LogP contribution < -0.4 is 11.1 Å². The maximum absolute atomic E-state index is 12.8. The first kappa shape index (κ1) is 17.5. The van der Waals surface area contributed by atoms with Gasteiger partial charge < -0.3 is 16.2 Å². The van der Waals surface area contributed by atoms with Gasteiger partial charge in [-0.3, -0.25) is 4.79 Å². The summed E-state index contributed by atoms with van der Waals surface area (Å²) in [6.07, 6.45) is 2.46. The predicted octanol–water partition coefficient (Wildman–Crippen LogP) is 1.02. The van der Waals surface area contributed by atoms with Crippen molar-refractivity contribution < 1.29 is 19.1 Å². The number of nitrogens with one attached hydrogen (secondary N) is 1. The Bertz CT molecular complexity index is 482. The molecule has 1 aromatic rings. The van der Waals surface area contributed by atoms with Crippen LogP contribution in [0.25, 0.3) is 0 Å². The van der Waals surface area contributed by atoms with E-state index in [9.17, 15) is 14.0 Å². The number of thioether (sulfide) groups is 1. The molecule has 7 heteroatoms. The summed E-state index contributed by atoms with van der Waals surface area (Å²) in [7, 11) is 0. The van der Waals surface area contributed by atoms with Crippen molar-refractivity contribution in [3.63, 3.8) is 0 Å². The first-order valence-corrected chi connectivity index (χ1v) is 7.85. The lowest BCUT2D eigenvalue weighted by Gasteiger charge is -2.17. The van der Waals surface area contributed by atoms with Crippen LogP contribution in [0.5, 0.6) is 0 Å². The second-order valence-electron chi connectivity index (χ2n) is 4.62. The topological polar surface area (TPSA) is 92.4 Å². The molecule has 0 spiro atoms. The highest BCUT2D eigenvalue weighted by molar-refractivity contribution is 7.98. The minimum absolute atomic E-state index is 0.0800. The predicted molar refractivity (Wildman–Crippen MR) is 80.6 cm³/mol. The van der Waals surface area contributed by atoms with Crippen molar-refractivity contribution in [2.24, 2.45) is 5.73 Å². The summed E-state index contributed by atoms with van der Waals surface area (Å²) in [5, 5.41) is 11.6. The molecule has 0 aliphatic heterocycles. The van der Waals surface area contributed by atoms with Gasteiger partial charge in [0.1, 0.15) is 11.9 Å². The Morgan fingerprint density at radius 1 is 1.38 bits per heavy atom. The van der Waals surface area contributed by atoms with Gasteiger partial charge in [-0.2, -0.15) is 11.8 Å². The number of rotatable bonds is 8. The van der Waals surface area contributed by atoms with Gasteiger partial charge in [0.15, 0.2) is 0 Å². The molecule has 1 unspecified atom stereocenters. The zero-order valence-corrected chi connectivity index (χ0v) is 12.5. The third-order valence-corrected chi connectivity index (χ3v) is 3.58. The fourth-order valence-corrected chi connectivity index (χ4v) is 2.20. The lowest BCUT2D eigenvalue weighted by atomic mass is 10.1. The Kier molecular flexibility index (Phi) is 7.18. The molecule has 0 saturated carbocycles. The lowest BCUT2D eigenvalue weighted by Crippen LogP contribution is -2.49. The summed E-state index contributed by atoms with van der Waals surface area (Å²) in [6, 6.07) is 3.67. The molecule has 0 aliphatic rings. The summed E-state index contributed by atoms with van der Waals surface area (Å²) in [5.41, 5.74) is 6.32.